The molecule has 0 fully saturated rings. The molecule has 0 spiro atoms. The van der Waals surface area contributed by atoms with Crippen molar-refractivity contribution < 1.29 is 28.3 Å². The van der Waals surface area contributed by atoms with Crippen LogP contribution in [0.5, 0.6) is 11.5 Å². The number of hydrogen-bond acceptors (Lipinski definition) is 9. The summed E-state index contributed by atoms with van der Waals surface area (Å²) < 4.78 is 21.5. The predicted octanol–water partition coefficient (Wildman–Crippen LogP) is 4.42. The van der Waals surface area contributed by atoms with Gasteiger partial charge in [-0.2, -0.15) is 4.98 Å². The lowest BCUT2D eigenvalue weighted by Crippen LogP contribution is -2.49. The van der Waals surface area contributed by atoms with E-state index in [9.17, 15) is 9.59 Å². The van der Waals surface area contributed by atoms with Crippen LogP contribution in [0.4, 0.5) is 5.69 Å². The highest BCUT2D eigenvalue weighted by Gasteiger charge is 2.44. The van der Waals surface area contributed by atoms with E-state index in [4.69, 9.17) is 18.7 Å². The summed E-state index contributed by atoms with van der Waals surface area (Å²) in [5, 5.41) is 4.06. The molecule has 0 saturated heterocycles. The van der Waals surface area contributed by atoms with E-state index in [0.29, 0.717) is 36.0 Å². The van der Waals surface area contributed by atoms with Gasteiger partial charge in [0.25, 0.3) is 0 Å². The molecule has 0 aliphatic carbocycles. The SMILES string of the molecule is COC(=O)C1Cc2ccccc2N1C(=O)C(C)(C)Cc1nc(-c2ccc(OCc3ccc(OC)cc3)cn2)no1. The van der Waals surface area contributed by atoms with Crippen molar-refractivity contribution in [3.63, 3.8) is 0 Å². The number of carbonyl (C=O) groups excluding carboxylic acids is 2. The van der Waals surface area contributed by atoms with Crippen molar-refractivity contribution in [3.05, 3.63) is 83.9 Å². The van der Waals surface area contributed by atoms with Gasteiger partial charge in [0.05, 0.1) is 25.8 Å². The minimum atomic E-state index is -0.944. The molecule has 1 aliphatic rings. The van der Waals surface area contributed by atoms with Gasteiger partial charge >= 0.3 is 5.97 Å². The largest absolute Gasteiger partial charge is 0.497 e. The van der Waals surface area contributed by atoms with Crippen LogP contribution in [0.1, 0.15) is 30.9 Å². The fourth-order valence-electron chi connectivity index (χ4n) is 4.66. The Balaban J connectivity index is 1.25. The number of anilines is 1. The summed E-state index contributed by atoms with van der Waals surface area (Å²) in [5.74, 6) is 1.29. The summed E-state index contributed by atoms with van der Waals surface area (Å²) in [6.45, 7) is 3.97. The third kappa shape index (κ3) is 5.51. The normalized spacial score (nSPS) is 14.5. The van der Waals surface area contributed by atoms with Crippen molar-refractivity contribution in [2.24, 2.45) is 5.41 Å². The second kappa shape index (κ2) is 11.2. The lowest BCUT2D eigenvalue weighted by molar-refractivity contribution is -0.144. The Morgan fingerprint density at radius 3 is 2.48 bits per heavy atom. The average molecular weight is 543 g/mol. The second-order valence-electron chi connectivity index (χ2n) is 10.1. The van der Waals surface area contributed by atoms with Gasteiger partial charge in [0.1, 0.15) is 29.8 Å². The first-order valence-corrected chi connectivity index (χ1v) is 12.8. The van der Waals surface area contributed by atoms with E-state index >= 15 is 0 Å². The molecule has 40 heavy (non-hydrogen) atoms. The number of benzene rings is 2. The minimum Gasteiger partial charge on any atom is -0.497 e. The van der Waals surface area contributed by atoms with Crippen LogP contribution >= 0.6 is 0 Å². The average Bonchev–Trinajstić information content (AvgIpc) is 3.60. The Kier molecular flexibility index (Phi) is 7.50. The third-order valence-corrected chi connectivity index (χ3v) is 6.84. The van der Waals surface area contributed by atoms with E-state index in [2.05, 4.69) is 15.1 Å². The monoisotopic (exact) mass is 542 g/mol. The van der Waals surface area contributed by atoms with Gasteiger partial charge < -0.3 is 18.7 Å². The first-order chi connectivity index (χ1) is 19.3. The molecule has 10 heteroatoms. The van der Waals surface area contributed by atoms with E-state index in [1.54, 1.807) is 39.3 Å². The van der Waals surface area contributed by atoms with E-state index in [0.717, 1.165) is 16.9 Å². The maximum absolute atomic E-state index is 13.8. The molecular formula is C30H30N4O6. The quantitative estimate of drug-likeness (QED) is 0.283. The van der Waals surface area contributed by atoms with Gasteiger partial charge in [-0.1, -0.05) is 49.3 Å². The van der Waals surface area contributed by atoms with E-state index in [1.165, 1.54) is 12.0 Å². The summed E-state index contributed by atoms with van der Waals surface area (Å²) >= 11 is 0. The highest BCUT2D eigenvalue weighted by molar-refractivity contribution is 6.04. The zero-order valence-electron chi connectivity index (χ0n) is 22.8. The standard InChI is InChI=1S/C30H30N4O6/c1-30(2,29(36)34-24-8-6-5-7-20(24)15-25(34)28(35)38-4)16-26-32-27(33-40-26)23-14-13-22(17-31-23)39-18-19-9-11-21(37-3)12-10-19/h5-14,17,25H,15-16,18H2,1-4H3. The van der Waals surface area contributed by atoms with E-state index < -0.39 is 17.4 Å². The third-order valence-electron chi connectivity index (χ3n) is 6.84. The van der Waals surface area contributed by atoms with Crippen molar-refractivity contribution in [1.29, 1.82) is 0 Å². The number of methoxy groups -OCH3 is 2. The van der Waals surface area contributed by atoms with E-state index in [1.807, 2.05) is 48.5 Å². The molecule has 0 saturated carbocycles. The summed E-state index contributed by atoms with van der Waals surface area (Å²) in [7, 11) is 2.95. The lowest BCUT2D eigenvalue weighted by Gasteiger charge is -2.31. The number of rotatable bonds is 9. The van der Waals surface area contributed by atoms with Gasteiger partial charge in [-0.05, 0) is 41.5 Å². The number of ether oxygens (including phenoxy) is 3. The Morgan fingerprint density at radius 1 is 1.02 bits per heavy atom. The van der Waals surface area contributed by atoms with Crippen molar-refractivity contribution in [1.82, 2.24) is 15.1 Å². The number of esters is 1. The van der Waals surface area contributed by atoms with E-state index in [-0.39, 0.29) is 18.2 Å². The Bertz CT molecular complexity index is 1500. The number of carbonyl (C=O) groups is 2. The minimum absolute atomic E-state index is 0.175. The van der Waals surface area contributed by atoms with Gasteiger partial charge in [0.2, 0.25) is 17.6 Å². The molecule has 0 radical (unpaired) electrons. The highest BCUT2D eigenvalue weighted by atomic mass is 16.5. The van der Waals surface area contributed by atoms with Crippen LogP contribution in [0.2, 0.25) is 0 Å². The first kappa shape index (κ1) is 26.9. The number of amides is 1. The molecular weight excluding hydrogens is 512 g/mol. The van der Waals surface area contributed by atoms with Gasteiger partial charge in [0, 0.05) is 18.5 Å². The van der Waals surface area contributed by atoms with Crippen LogP contribution < -0.4 is 14.4 Å². The summed E-state index contributed by atoms with van der Waals surface area (Å²) in [4.78, 5) is 36.7. The smallest absolute Gasteiger partial charge is 0.329 e. The van der Waals surface area contributed by atoms with Crippen LogP contribution in [-0.4, -0.2) is 47.3 Å². The summed E-state index contributed by atoms with van der Waals surface area (Å²) in [6, 6.07) is 17.9. The van der Waals surface area contributed by atoms with Crippen molar-refractivity contribution in [3.8, 4) is 23.0 Å². The molecule has 0 N–H and O–H groups in total. The van der Waals surface area contributed by atoms with Crippen molar-refractivity contribution in [2.45, 2.75) is 39.3 Å². The van der Waals surface area contributed by atoms with Crippen molar-refractivity contribution >= 4 is 17.6 Å². The molecule has 2 aromatic heterocycles. The molecule has 3 heterocycles. The summed E-state index contributed by atoms with van der Waals surface area (Å²) in [5.41, 5.74) is 2.20. The number of aromatic nitrogens is 3. The number of fused-ring (bicyclic) bond motifs is 1. The zero-order chi connectivity index (χ0) is 28.3. The fraction of sp³-hybridized carbons (Fsp3) is 0.300. The predicted molar refractivity (Wildman–Crippen MR) is 146 cm³/mol. The number of pyridine rings is 1. The molecule has 4 aromatic rings. The van der Waals surface area contributed by atoms with Gasteiger partial charge in [-0.3, -0.25) is 9.69 Å². The second-order valence-corrected chi connectivity index (χ2v) is 10.1. The molecule has 1 atom stereocenters. The fourth-order valence-corrected chi connectivity index (χ4v) is 4.66. The first-order valence-electron chi connectivity index (χ1n) is 12.8. The van der Waals surface area contributed by atoms with Gasteiger partial charge in [-0.25, -0.2) is 9.78 Å². The molecule has 1 aliphatic heterocycles. The Labute approximate surface area is 231 Å². The zero-order valence-corrected chi connectivity index (χ0v) is 22.8. The summed E-state index contributed by atoms with van der Waals surface area (Å²) in [6.07, 6.45) is 2.18. The van der Waals surface area contributed by atoms with Crippen molar-refractivity contribution in [2.75, 3.05) is 19.1 Å². The van der Waals surface area contributed by atoms with Crippen LogP contribution in [0.25, 0.3) is 11.5 Å². The van der Waals surface area contributed by atoms with Crippen LogP contribution in [0.3, 0.4) is 0 Å². The molecule has 1 amide bonds. The van der Waals surface area contributed by atoms with Gasteiger partial charge in [-0.15, -0.1) is 0 Å². The van der Waals surface area contributed by atoms with Gasteiger partial charge in [0.15, 0.2) is 0 Å². The molecule has 10 nitrogen and oxygen atoms in total. The molecule has 2 aromatic carbocycles. The lowest BCUT2D eigenvalue weighted by atomic mass is 9.87. The van der Waals surface area contributed by atoms with Crippen LogP contribution in [-0.2, 0) is 33.8 Å². The molecule has 5 rings (SSSR count). The number of hydrogen-bond donors (Lipinski definition) is 0. The topological polar surface area (TPSA) is 117 Å². The van der Waals surface area contributed by atoms with Crippen LogP contribution in [0.15, 0.2) is 71.4 Å². The molecule has 206 valence electrons. The highest BCUT2D eigenvalue weighted by Crippen LogP contribution is 2.37. The number of para-hydroxylation sites is 1. The van der Waals surface area contributed by atoms with Crippen LogP contribution in [0, 0.1) is 5.41 Å². The maximum atomic E-state index is 13.8. The molecule has 0 bridgehead atoms. The Hall–Kier alpha value is -4.73. The molecule has 1 unspecified atom stereocenters. The maximum Gasteiger partial charge on any atom is 0.329 e. The number of nitrogens with zero attached hydrogens (tertiary/aromatic N) is 4. The Morgan fingerprint density at radius 2 is 1.77 bits per heavy atom.